The molecule has 4 N–H and O–H groups in total. The molecule has 0 radical (unpaired) electrons. The van der Waals surface area contributed by atoms with Crippen LogP contribution in [0.25, 0.3) is 0 Å². The van der Waals surface area contributed by atoms with Gasteiger partial charge in [-0.1, -0.05) is 0 Å². The second-order valence-corrected chi connectivity index (χ2v) is 12.5. The molecule has 210 valence electrons. The number of rotatable bonds is 8. The molecule has 2 fully saturated rings. The number of carbonyl (C=O) groups is 4. The Morgan fingerprint density at radius 1 is 1.21 bits per heavy atom. The average molecular weight is 562 g/mol. The molecule has 39 heavy (non-hydrogen) atoms. The Bertz CT molecular complexity index is 1330. The highest BCUT2D eigenvalue weighted by Crippen LogP contribution is 2.43. The van der Waals surface area contributed by atoms with Crippen molar-refractivity contribution < 1.29 is 33.4 Å². The molecular formula is C26H32FN5O6S. The maximum atomic E-state index is 13.5. The Morgan fingerprint density at radius 3 is 2.54 bits per heavy atom. The quantitative estimate of drug-likeness (QED) is 0.378. The number of carboxylic acid groups (broad SMARTS) is 1. The van der Waals surface area contributed by atoms with E-state index >= 15 is 0 Å². The third-order valence-electron chi connectivity index (χ3n) is 7.01. The first-order chi connectivity index (χ1) is 18.4. The van der Waals surface area contributed by atoms with Crippen molar-refractivity contribution in [2.24, 2.45) is 11.8 Å². The molecule has 3 aliphatic rings. The molecule has 2 saturated carbocycles. The van der Waals surface area contributed by atoms with Crippen LogP contribution >= 0.6 is 11.3 Å². The fraction of sp³-hybridized carbons (Fsp3) is 0.577. The maximum Gasteiger partial charge on any atom is 0.413 e. The number of anilines is 2. The van der Waals surface area contributed by atoms with Crippen LogP contribution in [-0.4, -0.2) is 56.9 Å². The lowest BCUT2D eigenvalue weighted by Gasteiger charge is -2.26. The van der Waals surface area contributed by atoms with Crippen LogP contribution in [0.5, 0.6) is 0 Å². The number of aryl methyl sites for hydroxylation is 1. The largest absolute Gasteiger partial charge is 0.476 e. The molecule has 0 unspecified atom stereocenters. The number of carboxylic acids is 1. The third kappa shape index (κ3) is 6.07. The SMILES string of the molecule is CC(C)(C)OC(=O)Nc1c(C(=O)O)ncn1[C@H]1CCc2sc(NC(=O)[C@@H]3C[C@@H]3F)c(C(=O)NCC3CC3)c2C1. The number of aromatic carboxylic acids is 1. The topological polar surface area (TPSA) is 152 Å². The number of fused-ring (bicyclic) bond motifs is 1. The Labute approximate surface area is 228 Å². The molecule has 11 nitrogen and oxygen atoms in total. The fourth-order valence-corrected chi connectivity index (χ4v) is 5.98. The van der Waals surface area contributed by atoms with E-state index in [4.69, 9.17) is 4.74 Å². The van der Waals surface area contributed by atoms with E-state index in [-0.39, 0.29) is 29.9 Å². The number of carbonyl (C=O) groups excluding carboxylic acids is 3. The highest BCUT2D eigenvalue weighted by Gasteiger charge is 2.44. The minimum absolute atomic E-state index is 0.00332. The molecule has 0 spiro atoms. The number of aromatic nitrogens is 2. The second kappa shape index (κ2) is 10.2. The number of hydrogen-bond donors (Lipinski definition) is 4. The van der Waals surface area contributed by atoms with Gasteiger partial charge in [0.15, 0.2) is 11.5 Å². The van der Waals surface area contributed by atoms with E-state index in [9.17, 15) is 28.7 Å². The Kier molecular flexibility index (Phi) is 7.12. The molecule has 3 amide bonds. The van der Waals surface area contributed by atoms with Gasteiger partial charge in [-0.2, -0.15) is 0 Å². The molecule has 2 aromatic rings. The number of amides is 3. The molecule has 5 rings (SSSR count). The van der Waals surface area contributed by atoms with E-state index < -0.39 is 35.7 Å². The Hall–Kier alpha value is -3.48. The van der Waals surface area contributed by atoms with Crippen LogP contribution in [0.3, 0.4) is 0 Å². The summed E-state index contributed by atoms with van der Waals surface area (Å²) in [7, 11) is 0. The molecule has 3 aliphatic carbocycles. The van der Waals surface area contributed by atoms with E-state index in [1.165, 1.54) is 17.7 Å². The fourth-order valence-electron chi connectivity index (χ4n) is 4.74. The smallest absolute Gasteiger partial charge is 0.413 e. The van der Waals surface area contributed by atoms with Crippen LogP contribution < -0.4 is 16.0 Å². The van der Waals surface area contributed by atoms with E-state index in [0.29, 0.717) is 42.3 Å². The maximum absolute atomic E-state index is 13.5. The molecule has 0 aliphatic heterocycles. The van der Waals surface area contributed by atoms with Crippen LogP contribution in [0.1, 0.15) is 83.8 Å². The first-order valence-electron chi connectivity index (χ1n) is 13.1. The predicted molar refractivity (Wildman–Crippen MR) is 141 cm³/mol. The number of imidazole rings is 1. The number of ether oxygens (including phenoxy) is 1. The molecule has 2 heterocycles. The molecule has 13 heteroatoms. The lowest BCUT2D eigenvalue weighted by molar-refractivity contribution is -0.117. The van der Waals surface area contributed by atoms with E-state index in [2.05, 4.69) is 20.9 Å². The van der Waals surface area contributed by atoms with E-state index in [0.717, 1.165) is 23.3 Å². The van der Waals surface area contributed by atoms with Crippen LogP contribution in [0, 0.1) is 11.8 Å². The number of hydrogen-bond acceptors (Lipinski definition) is 7. The summed E-state index contributed by atoms with van der Waals surface area (Å²) in [5, 5.41) is 18.4. The molecule has 0 bridgehead atoms. The van der Waals surface area contributed by atoms with Gasteiger partial charge in [-0.25, -0.2) is 19.0 Å². The second-order valence-electron chi connectivity index (χ2n) is 11.4. The van der Waals surface area contributed by atoms with Crippen LogP contribution in [-0.2, 0) is 22.4 Å². The van der Waals surface area contributed by atoms with Crippen LogP contribution in [0.4, 0.5) is 20.0 Å². The van der Waals surface area contributed by atoms with Crippen molar-refractivity contribution in [3.8, 4) is 0 Å². The van der Waals surface area contributed by atoms with Gasteiger partial charge < -0.3 is 25.0 Å². The van der Waals surface area contributed by atoms with Gasteiger partial charge in [0.05, 0.1) is 17.8 Å². The van der Waals surface area contributed by atoms with Crippen LogP contribution in [0.15, 0.2) is 6.33 Å². The van der Waals surface area contributed by atoms with Crippen LogP contribution in [0.2, 0.25) is 0 Å². The van der Waals surface area contributed by atoms with Crippen molar-refractivity contribution in [1.82, 2.24) is 14.9 Å². The van der Waals surface area contributed by atoms with Crippen molar-refractivity contribution in [2.75, 3.05) is 17.2 Å². The van der Waals surface area contributed by atoms with Gasteiger partial charge in [0, 0.05) is 17.5 Å². The van der Waals surface area contributed by atoms with Crippen molar-refractivity contribution in [1.29, 1.82) is 0 Å². The first kappa shape index (κ1) is 27.1. The zero-order valence-electron chi connectivity index (χ0n) is 22.0. The van der Waals surface area contributed by atoms with Gasteiger partial charge in [-0.15, -0.1) is 11.3 Å². The lowest BCUT2D eigenvalue weighted by Crippen LogP contribution is -2.30. The van der Waals surface area contributed by atoms with Gasteiger partial charge >= 0.3 is 12.1 Å². The monoisotopic (exact) mass is 561 g/mol. The summed E-state index contributed by atoms with van der Waals surface area (Å²) in [4.78, 5) is 55.2. The minimum Gasteiger partial charge on any atom is -0.476 e. The predicted octanol–water partition coefficient (Wildman–Crippen LogP) is 4.16. The van der Waals surface area contributed by atoms with Crippen molar-refractivity contribution in [2.45, 2.75) is 77.1 Å². The van der Waals surface area contributed by atoms with Gasteiger partial charge in [0.1, 0.15) is 16.8 Å². The van der Waals surface area contributed by atoms with Crippen molar-refractivity contribution >= 4 is 46.0 Å². The molecule has 3 atom stereocenters. The number of alkyl halides is 1. The number of halogens is 1. The Morgan fingerprint density at radius 2 is 1.92 bits per heavy atom. The van der Waals surface area contributed by atoms with E-state index in [1.54, 1.807) is 25.3 Å². The zero-order valence-corrected chi connectivity index (χ0v) is 22.8. The first-order valence-corrected chi connectivity index (χ1v) is 13.9. The summed E-state index contributed by atoms with van der Waals surface area (Å²) in [6.07, 6.45) is 3.20. The Balaban J connectivity index is 1.44. The number of thiophene rings is 1. The minimum atomic E-state index is -1.30. The summed E-state index contributed by atoms with van der Waals surface area (Å²) in [5.41, 5.74) is 0.00441. The third-order valence-corrected chi connectivity index (χ3v) is 8.21. The lowest BCUT2D eigenvalue weighted by atomic mass is 9.91. The summed E-state index contributed by atoms with van der Waals surface area (Å²) >= 11 is 1.32. The average Bonchev–Trinajstić information content (AvgIpc) is 3.73. The normalized spacial score (nSPS) is 22.0. The number of nitrogens with zero attached hydrogens (tertiary/aromatic N) is 2. The van der Waals surface area contributed by atoms with Crippen molar-refractivity contribution in [3.63, 3.8) is 0 Å². The molecular weight excluding hydrogens is 529 g/mol. The molecule has 0 saturated heterocycles. The molecule has 2 aromatic heterocycles. The summed E-state index contributed by atoms with van der Waals surface area (Å²) in [6.45, 7) is 5.64. The summed E-state index contributed by atoms with van der Waals surface area (Å²) < 4.78 is 20.4. The highest BCUT2D eigenvalue weighted by molar-refractivity contribution is 7.17. The van der Waals surface area contributed by atoms with Gasteiger partial charge in [-0.3, -0.25) is 14.9 Å². The van der Waals surface area contributed by atoms with Gasteiger partial charge in [0.2, 0.25) is 5.91 Å². The van der Waals surface area contributed by atoms with Crippen molar-refractivity contribution in [3.05, 3.63) is 28.0 Å². The van der Waals surface area contributed by atoms with E-state index in [1.807, 2.05) is 0 Å². The standard InChI is InChI=1S/C26H32FN5O6S/c1-26(2,3)38-25(37)30-20-19(24(35)36)29-11-32(20)13-6-7-17-15(8-13)18(22(34)28-10-12-4-5-12)23(39-17)31-21(33)14-9-16(14)27/h11-14,16H,4-10H2,1-3H3,(H,28,34)(H,30,37)(H,31,33)(H,35,36)/t13-,14+,16-/m0/s1. The summed E-state index contributed by atoms with van der Waals surface area (Å²) in [5.74, 6) is -2.28. The van der Waals surface area contributed by atoms with Gasteiger partial charge in [-0.05, 0) is 70.8 Å². The highest BCUT2D eigenvalue weighted by atomic mass is 32.1. The number of nitrogens with one attached hydrogen (secondary N) is 3. The molecule has 0 aromatic carbocycles. The zero-order chi connectivity index (χ0) is 28.1. The summed E-state index contributed by atoms with van der Waals surface area (Å²) in [6, 6.07) is -0.324. The van der Waals surface area contributed by atoms with Gasteiger partial charge in [0.25, 0.3) is 5.91 Å².